The molecule has 3 nitrogen and oxygen atoms in total. The van der Waals surface area contributed by atoms with Crippen LogP contribution in [0.5, 0.6) is 0 Å². The fourth-order valence-electron chi connectivity index (χ4n) is 0.560. The van der Waals surface area contributed by atoms with E-state index in [0.717, 1.165) is 0 Å². The van der Waals surface area contributed by atoms with Crippen molar-refractivity contribution < 1.29 is 13.0 Å². The first-order chi connectivity index (χ1) is 4.61. The molecule has 0 spiro atoms. The number of allylic oxidation sites excluding steroid dienone is 1. The molecule has 0 aromatic carbocycles. The van der Waals surface area contributed by atoms with E-state index in [1.165, 1.54) is 23.9 Å². The molecule has 56 valence electrons. The van der Waals surface area contributed by atoms with Crippen molar-refractivity contribution in [2.24, 2.45) is 0 Å². The van der Waals surface area contributed by atoms with Crippen molar-refractivity contribution in [1.82, 2.24) is 0 Å². The van der Waals surface area contributed by atoms with Gasteiger partial charge >= 0.3 is 0 Å². The van der Waals surface area contributed by atoms with Crippen molar-refractivity contribution in [2.75, 3.05) is 5.75 Å². The van der Waals surface area contributed by atoms with E-state index < -0.39 is 10.1 Å². The smallest absolute Gasteiger partial charge is 0.282 e. The highest BCUT2D eigenvalue weighted by molar-refractivity contribution is 8.02. The van der Waals surface area contributed by atoms with Gasteiger partial charge in [0.15, 0.2) is 0 Å². The molecule has 0 unspecified atom stereocenters. The number of hydrogen-bond donors (Lipinski definition) is 1. The van der Waals surface area contributed by atoms with Crippen LogP contribution in [-0.4, -0.2) is 18.7 Å². The molecule has 0 aliphatic carbocycles. The molecule has 0 radical (unpaired) electrons. The van der Waals surface area contributed by atoms with Gasteiger partial charge in [-0.3, -0.25) is 4.55 Å². The lowest BCUT2D eigenvalue weighted by atomic mass is 10.5. The molecule has 0 bridgehead atoms. The molecule has 0 amide bonds. The van der Waals surface area contributed by atoms with Gasteiger partial charge in [-0.15, -0.1) is 11.8 Å². The summed E-state index contributed by atoms with van der Waals surface area (Å²) in [5.41, 5.74) is 0. The minimum atomic E-state index is -3.96. The summed E-state index contributed by atoms with van der Waals surface area (Å²) in [6, 6.07) is 0. The molecule has 1 N–H and O–H groups in total. The van der Waals surface area contributed by atoms with E-state index in [0.29, 0.717) is 5.75 Å². The number of hydrogen-bond acceptors (Lipinski definition) is 3. The minimum absolute atomic E-state index is 0.00810. The molecule has 0 saturated heterocycles. The van der Waals surface area contributed by atoms with E-state index >= 15 is 0 Å². The summed E-state index contributed by atoms with van der Waals surface area (Å²) in [6.45, 7) is 0. The Morgan fingerprint density at radius 2 is 2.30 bits per heavy atom. The van der Waals surface area contributed by atoms with Gasteiger partial charge < -0.3 is 0 Å². The number of rotatable bonds is 1. The van der Waals surface area contributed by atoms with Crippen LogP contribution >= 0.6 is 11.8 Å². The third-order valence-corrected chi connectivity index (χ3v) is 2.59. The highest BCUT2D eigenvalue weighted by Crippen LogP contribution is 2.16. The monoisotopic (exact) mass is 178 g/mol. The van der Waals surface area contributed by atoms with E-state index in [-0.39, 0.29) is 4.91 Å². The Bertz CT molecular complexity index is 273. The van der Waals surface area contributed by atoms with Crippen LogP contribution in [0.3, 0.4) is 0 Å². The van der Waals surface area contributed by atoms with Crippen LogP contribution in [0.2, 0.25) is 0 Å². The Morgan fingerprint density at radius 3 is 2.60 bits per heavy atom. The van der Waals surface area contributed by atoms with Gasteiger partial charge in [-0.1, -0.05) is 6.08 Å². The summed E-state index contributed by atoms with van der Waals surface area (Å²) < 4.78 is 29.3. The molecular formula is C5H6O3S2. The van der Waals surface area contributed by atoms with Crippen molar-refractivity contribution in [3.8, 4) is 0 Å². The maximum atomic E-state index is 10.4. The highest BCUT2D eigenvalue weighted by Gasteiger charge is 2.10. The molecule has 5 heteroatoms. The second kappa shape index (κ2) is 2.77. The van der Waals surface area contributed by atoms with E-state index in [2.05, 4.69) is 0 Å². The van der Waals surface area contributed by atoms with Crippen LogP contribution < -0.4 is 0 Å². The van der Waals surface area contributed by atoms with Crippen molar-refractivity contribution in [3.05, 3.63) is 22.5 Å². The zero-order valence-electron chi connectivity index (χ0n) is 5.02. The van der Waals surface area contributed by atoms with Gasteiger partial charge in [0.1, 0.15) is 0 Å². The summed E-state index contributed by atoms with van der Waals surface area (Å²) >= 11 is 1.48. The molecule has 10 heavy (non-hydrogen) atoms. The van der Waals surface area contributed by atoms with Gasteiger partial charge in [0, 0.05) is 5.75 Å². The standard InChI is InChI=1S/C5H6O3S2/c6-10(7,8)5-1-3-9-4-2-5/h1-3H,4H2,(H,6,7,8). The normalized spacial score (nSPS) is 18.7. The van der Waals surface area contributed by atoms with Gasteiger partial charge in [0.05, 0.1) is 4.91 Å². The van der Waals surface area contributed by atoms with Crippen LogP contribution in [0.15, 0.2) is 22.5 Å². The zero-order valence-corrected chi connectivity index (χ0v) is 6.65. The quantitative estimate of drug-likeness (QED) is 0.609. The summed E-state index contributed by atoms with van der Waals surface area (Å²) in [5, 5.41) is 1.64. The topological polar surface area (TPSA) is 54.4 Å². The first-order valence-corrected chi connectivity index (χ1v) is 5.05. The molecule has 1 heterocycles. The lowest BCUT2D eigenvalue weighted by Gasteiger charge is -2.00. The van der Waals surface area contributed by atoms with Crippen molar-refractivity contribution in [1.29, 1.82) is 0 Å². The predicted molar refractivity (Wildman–Crippen MR) is 41.2 cm³/mol. The lowest BCUT2D eigenvalue weighted by Crippen LogP contribution is -2.01. The third kappa shape index (κ3) is 1.86. The van der Waals surface area contributed by atoms with Gasteiger partial charge in [0.2, 0.25) is 0 Å². The largest absolute Gasteiger partial charge is 0.294 e. The average molecular weight is 178 g/mol. The first kappa shape index (κ1) is 7.84. The lowest BCUT2D eigenvalue weighted by molar-refractivity contribution is 0.492. The summed E-state index contributed by atoms with van der Waals surface area (Å²) in [5.74, 6) is 0.603. The molecule has 0 saturated carbocycles. The van der Waals surface area contributed by atoms with Crippen LogP contribution in [0.4, 0.5) is 0 Å². The molecular weight excluding hydrogens is 172 g/mol. The Labute approximate surface area is 63.6 Å². The predicted octanol–water partition coefficient (Wildman–Crippen LogP) is 1.02. The molecule has 0 fully saturated rings. The molecule has 0 atom stereocenters. The van der Waals surface area contributed by atoms with Crippen LogP contribution in [0.1, 0.15) is 0 Å². The van der Waals surface area contributed by atoms with Gasteiger partial charge in [0.25, 0.3) is 10.1 Å². The molecule has 1 aliphatic heterocycles. The van der Waals surface area contributed by atoms with Gasteiger partial charge in [-0.25, -0.2) is 0 Å². The Hall–Kier alpha value is -0.260. The highest BCUT2D eigenvalue weighted by atomic mass is 32.2. The van der Waals surface area contributed by atoms with Gasteiger partial charge in [-0.05, 0) is 11.5 Å². The zero-order chi connectivity index (χ0) is 7.61. The second-order valence-corrected chi connectivity index (χ2v) is 4.08. The van der Waals surface area contributed by atoms with Crippen molar-refractivity contribution in [2.45, 2.75) is 0 Å². The van der Waals surface area contributed by atoms with Crippen molar-refractivity contribution >= 4 is 21.9 Å². The molecule has 0 aromatic heterocycles. The SMILES string of the molecule is O=S(=O)(O)C1=CCSC=C1. The molecule has 1 rings (SSSR count). The second-order valence-electron chi connectivity index (χ2n) is 1.72. The van der Waals surface area contributed by atoms with E-state index in [1.54, 1.807) is 5.41 Å². The third-order valence-electron chi connectivity index (χ3n) is 1.01. The first-order valence-electron chi connectivity index (χ1n) is 2.56. The Balaban J connectivity index is 2.94. The minimum Gasteiger partial charge on any atom is -0.282 e. The Morgan fingerprint density at radius 1 is 1.60 bits per heavy atom. The summed E-state index contributed by atoms with van der Waals surface area (Å²) in [6.07, 6.45) is 2.85. The Kier molecular flexibility index (Phi) is 2.18. The van der Waals surface area contributed by atoms with E-state index in [4.69, 9.17) is 4.55 Å². The fourth-order valence-corrected chi connectivity index (χ4v) is 1.92. The fraction of sp³-hybridized carbons (Fsp3) is 0.200. The molecule has 0 aromatic rings. The average Bonchev–Trinajstić information content (AvgIpc) is 1.88. The van der Waals surface area contributed by atoms with Crippen molar-refractivity contribution in [3.63, 3.8) is 0 Å². The van der Waals surface area contributed by atoms with E-state index in [9.17, 15) is 8.42 Å². The summed E-state index contributed by atoms with van der Waals surface area (Å²) in [4.78, 5) is -0.00810. The summed E-state index contributed by atoms with van der Waals surface area (Å²) in [7, 11) is -3.96. The number of thioether (sulfide) groups is 1. The maximum Gasteiger partial charge on any atom is 0.294 e. The van der Waals surface area contributed by atoms with E-state index in [1.807, 2.05) is 0 Å². The van der Waals surface area contributed by atoms with Crippen LogP contribution in [0, 0.1) is 0 Å². The van der Waals surface area contributed by atoms with Gasteiger partial charge in [-0.2, -0.15) is 8.42 Å². The maximum absolute atomic E-state index is 10.4. The van der Waals surface area contributed by atoms with Crippen LogP contribution in [0.25, 0.3) is 0 Å². The van der Waals surface area contributed by atoms with Crippen LogP contribution in [-0.2, 0) is 10.1 Å². The molecule has 1 aliphatic rings.